The third-order valence-electron chi connectivity index (χ3n) is 5.91. The highest BCUT2D eigenvalue weighted by Gasteiger charge is 2.44. The molecule has 0 N–H and O–H groups in total. The average Bonchev–Trinajstić information content (AvgIpc) is 3.38. The lowest BCUT2D eigenvalue weighted by molar-refractivity contribution is 0.0974. The molecule has 3 fully saturated rings. The maximum atomic E-state index is 5.91. The Morgan fingerprint density at radius 2 is 2.08 bits per heavy atom. The van der Waals surface area contributed by atoms with Crippen LogP contribution in [0.25, 0.3) is 11.4 Å². The normalized spacial score (nSPS) is 29.3. The number of pyridine rings is 1. The second-order valence-electron chi connectivity index (χ2n) is 7.72. The van der Waals surface area contributed by atoms with Gasteiger partial charge in [0.05, 0.1) is 18.1 Å². The van der Waals surface area contributed by atoms with E-state index in [2.05, 4.69) is 38.0 Å². The van der Waals surface area contributed by atoms with Gasteiger partial charge in [-0.2, -0.15) is 4.98 Å². The molecule has 138 valence electrons. The van der Waals surface area contributed by atoms with Crippen molar-refractivity contribution in [3.63, 3.8) is 0 Å². The minimum absolute atomic E-state index is 0.259. The Bertz CT molecular complexity index is 762. The van der Waals surface area contributed by atoms with Crippen molar-refractivity contribution in [3.05, 3.63) is 24.2 Å². The summed E-state index contributed by atoms with van der Waals surface area (Å²) in [7, 11) is 2.18. The van der Waals surface area contributed by atoms with E-state index in [0.29, 0.717) is 17.8 Å². The number of anilines is 1. The minimum atomic E-state index is 0.259. The highest BCUT2D eigenvalue weighted by molar-refractivity contribution is 5.56. The Kier molecular flexibility index (Phi) is 4.13. The van der Waals surface area contributed by atoms with Crippen molar-refractivity contribution in [1.82, 2.24) is 20.0 Å². The maximum absolute atomic E-state index is 5.91. The van der Waals surface area contributed by atoms with Gasteiger partial charge in [0.1, 0.15) is 5.82 Å². The summed E-state index contributed by atoms with van der Waals surface area (Å²) in [6, 6.07) is 4.11. The number of rotatable bonds is 3. The Labute approximate surface area is 153 Å². The van der Waals surface area contributed by atoms with Gasteiger partial charge >= 0.3 is 0 Å². The molecule has 0 amide bonds. The predicted octanol–water partition coefficient (Wildman–Crippen LogP) is 2.31. The van der Waals surface area contributed by atoms with E-state index in [1.807, 2.05) is 12.3 Å². The van der Waals surface area contributed by atoms with E-state index in [4.69, 9.17) is 9.26 Å². The van der Waals surface area contributed by atoms with Crippen LogP contribution in [0.1, 0.15) is 37.5 Å². The summed E-state index contributed by atoms with van der Waals surface area (Å²) in [6.07, 6.45) is 6.94. The molecular formula is C19H25N5O2. The number of nitrogens with zero attached hydrogens (tertiary/aromatic N) is 5. The first-order valence-electron chi connectivity index (χ1n) is 9.65. The van der Waals surface area contributed by atoms with Gasteiger partial charge in [-0.15, -0.1) is 0 Å². The zero-order valence-electron chi connectivity index (χ0n) is 15.2. The van der Waals surface area contributed by atoms with E-state index in [1.165, 1.54) is 12.8 Å². The lowest BCUT2D eigenvalue weighted by Gasteiger charge is -2.21. The second kappa shape index (κ2) is 6.63. The Morgan fingerprint density at radius 1 is 1.12 bits per heavy atom. The summed E-state index contributed by atoms with van der Waals surface area (Å²) < 4.78 is 11.5. The smallest absolute Gasteiger partial charge is 0.232 e. The molecule has 5 rings (SSSR count). The summed E-state index contributed by atoms with van der Waals surface area (Å²) >= 11 is 0. The molecule has 0 radical (unpaired) electrons. The third kappa shape index (κ3) is 2.99. The summed E-state index contributed by atoms with van der Waals surface area (Å²) in [5, 5.41) is 4.18. The van der Waals surface area contributed by atoms with E-state index >= 15 is 0 Å². The van der Waals surface area contributed by atoms with Crippen molar-refractivity contribution in [3.8, 4) is 11.4 Å². The van der Waals surface area contributed by atoms with Gasteiger partial charge in [0.15, 0.2) is 0 Å². The van der Waals surface area contributed by atoms with Crippen molar-refractivity contribution in [1.29, 1.82) is 0 Å². The highest BCUT2D eigenvalue weighted by atomic mass is 16.5. The molecular weight excluding hydrogens is 330 g/mol. The third-order valence-corrected chi connectivity index (χ3v) is 5.91. The number of fused-ring (bicyclic) bond motifs is 2. The summed E-state index contributed by atoms with van der Waals surface area (Å²) in [5.41, 5.74) is 0.903. The van der Waals surface area contributed by atoms with Crippen molar-refractivity contribution in [2.75, 3.05) is 38.1 Å². The summed E-state index contributed by atoms with van der Waals surface area (Å²) in [6.45, 7) is 4.28. The van der Waals surface area contributed by atoms with Crippen molar-refractivity contribution >= 4 is 5.82 Å². The monoisotopic (exact) mass is 355 g/mol. The molecule has 3 aliphatic heterocycles. The molecule has 0 aromatic carbocycles. The molecule has 3 atom stereocenters. The fraction of sp³-hybridized carbons (Fsp3) is 0.632. The van der Waals surface area contributed by atoms with Gasteiger partial charge in [0, 0.05) is 31.4 Å². The van der Waals surface area contributed by atoms with Crippen molar-refractivity contribution < 1.29 is 9.26 Å². The first-order chi connectivity index (χ1) is 12.8. The van der Waals surface area contributed by atoms with Gasteiger partial charge in [0.2, 0.25) is 11.7 Å². The molecule has 3 unspecified atom stereocenters. The lowest BCUT2D eigenvalue weighted by atomic mass is 9.89. The van der Waals surface area contributed by atoms with Gasteiger partial charge in [-0.1, -0.05) is 5.16 Å². The highest BCUT2D eigenvalue weighted by Crippen LogP contribution is 2.44. The van der Waals surface area contributed by atoms with Crippen molar-refractivity contribution in [2.24, 2.45) is 0 Å². The zero-order valence-corrected chi connectivity index (χ0v) is 15.2. The largest absolute Gasteiger partial charge is 0.374 e. The fourth-order valence-corrected chi connectivity index (χ4v) is 4.38. The van der Waals surface area contributed by atoms with E-state index in [0.717, 1.165) is 50.4 Å². The Balaban J connectivity index is 1.30. The van der Waals surface area contributed by atoms with Crippen LogP contribution in [-0.4, -0.2) is 65.5 Å². The van der Waals surface area contributed by atoms with E-state index in [1.54, 1.807) is 0 Å². The fourth-order valence-electron chi connectivity index (χ4n) is 4.38. The van der Waals surface area contributed by atoms with Crippen LogP contribution in [0.15, 0.2) is 22.9 Å². The number of aromatic nitrogens is 3. The van der Waals surface area contributed by atoms with Crippen LogP contribution in [0.5, 0.6) is 0 Å². The van der Waals surface area contributed by atoms with Crippen LogP contribution in [0.3, 0.4) is 0 Å². The number of hydrogen-bond acceptors (Lipinski definition) is 7. The number of ether oxygens (including phenoxy) is 1. The zero-order chi connectivity index (χ0) is 17.5. The molecule has 0 aliphatic carbocycles. The first kappa shape index (κ1) is 16.2. The molecule has 2 aromatic rings. The molecule has 2 bridgehead atoms. The second-order valence-corrected chi connectivity index (χ2v) is 7.72. The molecule has 0 spiro atoms. The molecule has 3 saturated heterocycles. The number of likely N-dealkylation sites (N-methyl/N-ethyl adjacent to an activating group) is 1. The average molecular weight is 355 g/mol. The summed E-state index contributed by atoms with van der Waals surface area (Å²) in [4.78, 5) is 14.0. The molecule has 3 aliphatic rings. The minimum Gasteiger partial charge on any atom is -0.374 e. The van der Waals surface area contributed by atoms with Crippen LogP contribution in [-0.2, 0) is 4.74 Å². The predicted molar refractivity (Wildman–Crippen MR) is 97.1 cm³/mol. The first-order valence-corrected chi connectivity index (χ1v) is 9.65. The molecule has 7 nitrogen and oxygen atoms in total. The topological polar surface area (TPSA) is 67.5 Å². The molecule has 0 saturated carbocycles. The van der Waals surface area contributed by atoms with Crippen LogP contribution in [0, 0.1) is 0 Å². The quantitative estimate of drug-likeness (QED) is 0.837. The molecule has 5 heterocycles. The van der Waals surface area contributed by atoms with Crippen molar-refractivity contribution in [2.45, 2.75) is 43.8 Å². The van der Waals surface area contributed by atoms with Crippen LogP contribution < -0.4 is 4.90 Å². The SMILES string of the molecule is CN1CCCN(c2ccc(-c3noc(C4CC5CCC4O5)n3)cn2)CC1. The van der Waals surface area contributed by atoms with Gasteiger partial charge in [0.25, 0.3) is 0 Å². The molecule has 7 heteroatoms. The van der Waals surface area contributed by atoms with Gasteiger partial charge in [-0.3, -0.25) is 0 Å². The van der Waals surface area contributed by atoms with E-state index in [9.17, 15) is 0 Å². The van der Waals surface area contributed by atoms with Gasteiger partial charge in [-0.05, 0) is 51.4 Å². The van der Waals surface area contributed by atoms with Crippen LogP contribution in [0.2, 0.25) is 0 Å². The Morgan fingerprint density at radius 3 is 2.85 bits per heavy atom. The van der Waals surface area contributed by atoms with E-state index in [-0.39, 0.29) is 12.0 Å². The maximum Gasteiger partial charge on any atom is 0.232 e. The number of hydrogen-bond donors (Lipinski definition) is 0. The standard InChI is InChI=1S/C19H25N5O2/c1-23-7-2-8-24(10-9-23)17-6-3-13(12-20-17)18-21-19(26-22-18)15-11-14-4-5-16(15)25-14/h3,6,12,14-16H,2,4-5,7-11H2,1H3. The van der Waals surface area contributed by atoms with Gasteiger partial charge in [-0.25, -0.2) is 4.98 Å². The van der Waals surface area contributed by atoms with Crippen LogP contribution in [0.4, 0.5) is 5.82 Å². The van der Waals surface area contributed by atoms with Crippen LogP contribution >= 0.6 is 0 Å². The van der Waals surface area contributed by atoms with Gasteiger partial charge < -0.3 is 19.1 Å². The summed E-state index contributed by atoms with van der Waals surface area (Å²) in [5.74, 6) is 2.62. The Hall–Kier alpha value is -1.99. The van der Waals surface area contributed by atoms with E-state index < -0.39 is 0 Å². The molecule has 26 heavy (non-hydrogen) atoms. The lowest BCUT2D eigenvalue weighted by Crippen LogP contribution is -2.29. The molecule has 2 aromatic heterocycles.